The quantitative estimate of drug-likeness (QED) is 0.616. The lowest BCUT2D eigenvalue weighted by molar-refractivity contribution is -0.118. The highest BCUT2D eigenvalue weighted by Crippen LogP contribution is 2.17. The van der Waals surface area contributed by atoms with Crippen LogP contribution in [0.1, 0.15) is 12.5 Å². The predicted molar refractivity (Wildman–Crippen MR) is 89.7 cm³/mol. The molecule has 0 unspecified atom stereocenters. The Morgan fingerprint density at radius 2 is 2.13 bits per heavy atom. The molecule has 0 aliphatic heterocycles. The molecule has 0 fully saturated rings. The molecule has 0 saturated carbocycles. The maximum Gasteiger partial charge on any atom is 0.273 e. The zero-order chi connectivity index (χ0) is 16.7. The Balaban J connectivity index is 1.91. The van der Waals surface area contributed by atoms with Gasteiger partial charge in [0.1, 0.15) is 5.75 Å². The summed E-state index contributed by atoms with van der Waals surface area (Å²) in [6, 6.07) is 8.94. The number of amides is 1. The van der Waals surface area contributed by atoms with E-state index in [2.05, 4.69) is 10.3 Å². The molecule has 1 aromatic carbocycles. The molecule has 0 saturated heterocycles. The van der Waals surface area contributed by atoms with Gasteiger partial charge in [-0.3, -0.25) is 9.59 Å². The van der Waals surface area contributed by atoms with Crippen LogP contribution in [0.4, 0.5) is 0 Å². The average molecular weight is 333 g/mol. The van der Waals surface area contributed by atoms with E-state index in [1.165, 1.54) is 17.8 Å². The fraction of sp³-hybridized carbons (Fsp3) is 0.312. The van der Waals surface area contributed by atoms with Crippen molar-refractivity contribution < 1.29 is 9.53 Å². The summed E-state index contributed by atoms with van der Waals surface area (Å²) < 4.78 is 7.08. The number of hydrogen-bond donors (Lipinski definition) is 1. The molecule has 2 aromatic rings. The van der Waals surface area contributed by atoms with Crippen molar-refractivity contribution in [2.24, 2.45) is 0 Å². The molecule has 0 bridgehead atoms. The third-order valence-corrected chi connectivity index (χ3v) is 4.18. The van der Waals surface area contributed by atoms with E-state index in [1.807, 2.05) is 35.8 Å². The smallest absolute Gasteiger partial charge is 0.273 e. The molecule has 23 heavy (non-hydrogen) atoms. The summed E-state index contributed by atoms with van der Waals surface area (Å²) in [5.41, 5.74) is 0.614. The molecule has 0 radical (unpaired) electrons. The second-order valence-corrected chi connectivity index (χ2v) is 5.65. The first kappa shape index (κ1) is 17.1. The van der Waals surface area contributed by atoms with E-state index in [0.29, 0.717) is 18.2 Å². The van der Waals surface area contributed by atoms with E-state index < -0.39 is 0 Å². The van der Waals surface area contributed by atoms with Crippen molar-refractivity contribution in [3.63, 3.8) is 0 Å². The molecule has 2 rings (SSSR count). The summed E-state index contributed by atoms with van der Waals surface area (Å²) >= 11 is 1.25. The van der Waals surface area contributed by atoms with Crippen LogP contribution >= 0.6 is 11.8 Å². The number of carbonyl (C=O) groups excluding carboxylic acids is 1. The summed E-state index contributed by atoms with van der Waals surface area (Å²) in [7, 11) is 1.60. The number of methoxy groups -OCH3 is 1. The Bertz CT molecular complexity index is 731. The first-order valence-corrected chi connectivity index (χ1v) is 8.21. The molecule has 1 N–H and O–H groups in total. The summed E-state index contributed by atoms with van der Waals surface area (Å²) in [5.74, 6) is 0.817. The Kier molecular flexibility index (Phi) is 6.22. The molecule has 0 atom stereocenters. The molecule has 0 aliphatic rings. The Morgan fingerprint density at radius 3 is 2.87 bits per heavy atom. The Morgan fingerprint density at radius 1 is 1.35 bits per heavy atom. The van der Waals surface area contributed by atoms with Gasteiger partial charge in [-0.05, 0) is 13.0 Å². The lowest BCUT2D eigenvalue weighted by atomic mass is 10.2. The van der Waals surface area contributed by atoms with Crippen LogP contribution in [0.5, 0.6) is 5.75 Å². The maximum atomic E-state index is 12.0. The second kappa shape index (κ2) is 8.38. The van der Waals surface area contributed by atoms with Gasteiger partial charge in [-0.1, -0.05) is 30.0 Å². The van der Waals surface area contributed by atoms with Crippen molar-refractivity contribution in [1.29, 1.82) is 0 Å². The van der Waals surface area contributed by atoms with Crippen molar-refractivity contribution >= 4 is 17.7 Å². The Labute approximate surface area is 138 Å². The third-order valence-electron chi connectivity index (χ3n) is 3.19. The summed E-state index contributed by atoms with van der Waals surface area (Å²) in [4.78, 5) is 27.3. The lowest BCUT2D eigenvalue weighted by Crippen LogP contribution is -2.25. The van der Waals surface area contributed by atoms with Gasteiger partial charge in [0.25, 0.3) is 5.56 Å². The number of benzene rings is 1. The van der Waals surface area contributed by atoms with Crippen LogP contribution in [-0.4, -0.2) is 28.3 Å². The summed E-state index contributed by atoms with van der Waals surface area (Å²) in [6.07, 6.45) is 1.68. The van der Waals surface area contributed by atoms with Gasteiger partial charge in [0.15, 0.2) is 5.16 Å². The van der Waals surface area contributed by atoms with Gasteiger partial charge in [0.2, 0.25) is 5.91 Å². The van der Waals surface area contributed by atoms with E-state index in [9.17, 15) is 9.59 Å². The van der Waals surface area contributed by atoms with Crippen LogP contribution in [-0.2, 0) is 17.9 Å². The minimum atomic E-state index is -0.299. The first-order valence-electron chi connectivity index (χ1n) is 7.23. The monoisotopic (exact) mass is 333 g/mol. The zero-order valence-corrected chi connectivity index (χ0v) is 13.9. The number of carbonyl (C=O) groups is 1. The molecule has 0 aliphatic carbocycles. The van der Waals surface area contributed by atoms with Crippen LogP contribution in [0, 0.1) is 0 Å². The number of ether oxygens (including phenoxy) is 1. The number of hydrogen-bond acceptors (Lipinski definition) is 5. The predicted octanol–water partition coefficient (Wildman–Crippen LogP) is 1.68. The molecule has 1 aromatic heterocycles. The van der Waals surface area contributed by atoms with Crippen molar-refractivity contribution in [2.75, 3.05) is 12.9 Å². The standard InChI is InChI=1S/C16H19N3O3S/c1-3-19-9-8-14(20)18-16(19)23-11-15(21)17-10-12-6-4-5-7-13(12)22-2/h4-9H,3,10-11H2,1-2H3,(H,17,21). The van der Waals surface area contributed by atoms with Gasteiger partial charge in [-0.25, -0.2) is 0 Å². The normalized spacial score (nSPS) is 10.3. The molecule has 7 heteroatoms. The van der Waals surface area contributed by atoms with Crippen LogP contribution < -0.4 is 15.6 Å². The zero-order valence-electron chi connectivity index (χ0n) is 13.1. The minimum Gasteiger partial charge on any atom is -0.496 e. The fourth-order valence-corrected chi connectivity index (χ4v) is 2.87. The highest BCUT2D eigenvalue weighted by Gasteiger charge is 2.08. The van der Waals surface area contributed by atoms with Crippen LogP contribution in [0.3, 0.4) is 0 Å². The molecule has 0 spiro atoms. The summed E-state index contributed by atoms with van der Waals surface area (Å²) in [5, 5.41) is 3.39. The van der Waals surface area contributed by atoms with Crippen molar-refractivity contribution in [3.8, 4) is 5.75 Å². The number of para-hydroxylation sites is 1. The van der Waals surface area contributed by atoms with Gasteiger partial charge >= 0.3 is 0 Å². The number of aromatic nitrogens is 2. The molecule has 122 valence electrons. The number of aryl methyl sites for hydroxylation is 1. The van der Waals surface area contributed by atoms with E-state index in [4.69, 9.17) is 4.74 Å². The number of rotatable bonds is 7. The van der Waals surface area contributed by atoms with Crippen molar-refractivity contribution in [3.05, 3.63) is 52.4 Å². The Hall–Kier alpha value is -2.28. The van der Waals surface area contributed by atoms with E-state index in [0.717, 1.165) is 11.3 Å². The molecular weight excluding hydrogens is 314 g/mol. The topological polar surface area (TPSA) is 73.2 Å². The molecule has 1 amide bonds. The van der Waals surface area contributed by atoms with Gasteiger partial charge < -0.3 is 14.6 Å². The van der Waals surface area contributed by atoms with Gasteiger partial charge in [0, 0.05) is 30.9 Å². The molecule has 6 nitrogen and oxygen atoms in total. The number of nitrogens with zero attached hydrogens (tertiary/aromatic N) is 2. The van der Waals surface area contributed by atoms with Crippen LogP contribution in [0.2, 0.25) is 0 Å². The summed E-state index contributed by atoms with van der Waals surface area (Å²) in [6.45, 7) is 3.04. The highest BCUT2D eigenvalue weighted by atomic mass is 32.2. The lowest BCUT2D eigenvalue weighted by Gasteiger charge is -2.10. The van der Waals surface area contributed by atoms with Gasteiger partial charge in [-0.2, -0.15) is 4.98 Å². The van der Waals surface area contributed by atoms with Crippen LogP contribution in [0.15, 0.2) is 46.5 Å². The van der Waals surface area contributed by atoms with E-state index >= 15 is 0 Å². The minimum absolute atomic E-state index is 0.123. The molecular formula is C16H19N3O3S. The first-order chi connectivity index (χ1) is 11.1. The molecule has 1 heterocycles. The second-order valence-electron chi connectivity index (χ2n) is 4.71. The maximum absolute atomic E-state index is 12.0. The SMILES string of the molecule is CCn1ccc(=O)nc1SCC(=O)NCc1ccccc1OC. The van der Waals surface area contributed by atoms with E-state index in [-0.39, 0.29) is 17.2 Å². The van der Waals surface area contributed by atoms with Crippen LogP contribution in [0.25, 0.3) is 0 Å². The fourth-order valence-electron chi connectivity index (χ4n) is 1.99. The highest BCUT2D eigenvalue weighted by molar-refractivity contribution is 7.99. The van der Waals surface area contributed by atoms with Gasteiger partial charge in [-0.15, -0.1) is 0 Å². The largest absolute Gasteiger partial charge is 0.496 e. The number of thioether (sulfide) groups is 1. The third kappa shape index (κ3) is 4.85. The number of nitrogens with one attached hydrogen (secondary N) is 1. The van der Waals surface area contributed by atoms with E-state index in [1.54, 1.807) is 13.3 Å². The van der Waals surface area contributed by atoms with Crippen molar-refractivity contribution in [2.45, 2.75) is 25.2 Å². The van der Waals surface area contributed by atoms with Gasteiger partial charge in [0.05, 0.1) is 12.9 Å². The van der Waals surface area contributed by atoms with Crippen molar-refractivity contribution in [1.82, 2.24) is 14.9 Å². The average Bonchev–Trinajstić information content (AvgIpc) is 2.58.